The molecule has 3 aromatic heterocycles. The molecule has 0 atom stereocenters. The monoisotopic (exact) mass is 449 g/mol. The zero-order chi connectivity index (χ0) is 22.8. The minimum Gasteiger partial charge on any atom is -0.383 e. The van der Waals surface area contributed by atoms with Gasteiger partial charge in [0.1, 0.15) is 29.3 Å². The fourth-order valence-electron chi connectivity index (χ4n) is 3.29. The van der Waals surface area contributed by atoms with Crippen LogP contribution in [-0.4, -0.2) is 31.3 Å². The number of pyridine rings is 1. The Morgan fingerprint density at radius 1 is 1.09 bits per heavy atom. The number of urea groups is 1. The molecule has 4 rings (SSSR count). The summed E-state index contributed by atoms with van der Waals surface area (Å²) in [7, 11) is 0. The van der Waals surface area contributed by atoms with Gasteiger partial charge in [-0.25, -0.2) is 19.7 Å². The van der Waals surface area contributed by atoms with Gasteiger partial charge in [0.15, 0.2) is 0 Å². The van der Waals surface area contributed by atoms with Crippen molar-refractivity contribution in [2.45, 2.75) is 19.9 Å². The van der Waals surface area contributed by atoms with Crippen LogP contribution >= 0.6 is 11.6 Å². The van der Waals surface area contributed by atoms with Gasteiger partial charge in [-0.2, -0.15) is 0 Å². The molecule has 0 fully saturated rings. The van der Waals surface area contributed by atoms with Crippen molar-refractivity contribution in [1.29, 1.82) is 0 Å². The Balaban J connectivity index is 1.61. The molecular weight excluding hydrogens is 430 g/mol. The Morgan fingerprint density at radius 3 is 2.62 bits per heavy atom. The molecule has 10 heteroatoms. The van der Waals surface area contributed by atoms with E-state index in [4.69, 9.17) is 17.3 Å². The second kappa shape index (κ2) is 8.64. The Morgan fingerprint density at radius 2 is 1.88 bits per heavy atom. The predicted molar refractivity (Wildman–Crippen MR) is 124 cm³/mol. The third kappa shape index (κ3) is 4.23. The summed E-state index contributed by atoms with van der Waals surface area (Å²) >= 11 is 5.94. The Labute approximate surface area is 188 Å². The van der Waals surface area contributed by atoms with Crippen molar-refractivity contribution < 1.29 is 9.59 Å². The SMILES string of the molecule is CC(C)n1cc(C(=O)c2cccc(NC(=O)Nc3cccc(Cl)c3)n2)c2c(N)ncnc21. The van der Waals surface area contributed by atoms with E-state index in [9.17, 15) is 9.59 Å². The summed E-state index contributed by atoms with van der Waals surface area (Å²) in [5.41, 5.74) is 7.65. The van der Waals surface area contributed by atoms with Crippen molar-refractivity contribution in [2.75, 3.05) is 16.4 Å². The van der Waals surface area contributed by atoms with Gasteiger partial charge in [0.05, 0.1) is 10.9 Å². The van der Waals surface area contributed by atoms with Gasteiger partial charge < -0.3 is 15.6 Å². The van der Waals surface area contributed by atoms with Crippen LogP contribution in [-0.2, 0) is 0 Å². The summed E-state index contributed by atoms with van der Waals surface area (Å²) in [6, 6.07) is 11.1. The largest absolute Gasteiger partial charge is 0.383 e. The average Bonchev–Trinajstić information content (AvgIpc) is 3.15. The molecule has 0 aliphatic rings. The molecule has 162 valence electrons. The first-order valence-electron chi connectivity index (χ1n) is 9.80. The van der Waals surface area contributed by atoms with Crippen molar-refractivity contribution in [1.82, 2.24) is 19.5 Å². The van der Waals surface area contributed by atoms with Crippen LogP contribution in [0.1, 0.15) is 35.9 Å². The number of nitrogen functional groups attached to an aromatic ring is 1. The van der Waals surface area contributed by atoms with Gasteiger partial charge in [0, 0.05) is 22.9 Å². The molecule has 0 aliphatic heterocycles. The summed E-state index contributed by atoms with van der Waals surface area (Å²) < 4.78 is 1.86. The molecule has 0 spiro atoms. The highest BCUT2D eigenvalue weighted by Gasteiger charge is 2.22. The number of carbonyl (C=O) groups excluding carboxylic acids is 2. The van der Waals surface area contributed by atoms with Gasteiger partial charge in [0.25, 0.3) is 0 Å². The highest BCUT2D eigenvalue weighted by Crippen LogP contribution is 2.28. The van der Waals surface area contributed by atoms with Gasteiger partial charge in [-0.1, -0.05) is 23.7 Å². The molecule has 2 amide bonds. The number of nitrogens with one attached hydrogen (secondary N) is 2. The van der Waals surface area contributed by atoms with Crippen molar-refractivity contribution >= 4 is 51.8 Å². The van der Waals surface area contributed by atoms with E-state index in [1.807, 2.05) is 18.4 Å². The molecule has 0 bridgehead atoms. The highest BCUT2D eigenvalue weighted by atomic mass is 35.5. The molecule has 3 heterocycles. The molecule has 4 N–H and O–H groups in total. The van der Waals surface area contributed by atoms with E-state index < -0.39 is 6.03 Å². The lowest BCUT2D eigenvalue weighted by atomic mass is 10.1. The second-order valence-electron chi connectivity index (χ2n) is 7.33. The highest BCUT2D eigenvalue weighted by molar-refractivity contribution is 6.30. The topological polar surface area (TPSA) is 128 Å². The molecule has 0 unspecified atom stereocenters. The number of benzene rings is 1. The predicted octanol–water partition coefficient (Wildman–Crippen LogP) is 4.52. The molecule has 1 aromatic carbocycles. The zero-order valence-electron chi connectivity index (χ0n) is 17.3. The molecule has 9 nitrogen and oxygen atoms in total. The third-order valence-electron chi connectivity index (χ3n) is 4.75. The number of hydrogen-bond acceptors (Lipinski definition) is 6. The third-order valence-corrected chi connectivity index (χ3v) is 4.98. The number of ketones is 1. The van der Waals surface area contributed by atoms with Crippen LogP contribution in [0.4, 0.5) is 22.1 Å². The van der Waals surface area contributed by atoms with E-state index in [-0.39, 0.29) is 29.2 Å². The van der Waals surface area contributed by atoms with Gasteiger partial charge in [-0.15, -0.1) is 0 Å². The lowest BCUT2D eigenvalue weighted by Gasteiger charge is -2.08. The van der Waals surface area contributed by atoms with E-state index in [2.05, 4.69) is 25.6 Å². The first-order chi connectivity index (χ1) is 15.3. The van der Waals surface area contributed by atoms with E-state index >= 15 is 0 Å². The van der Waals surface area contributed by atoms with Gasteiger partial charge in [-0.3, -0.25) is 10.1 Å². The molecule has 0 saturated heterocycles. The number of fused-ring (bicyclic) bond motifs is 1. The Kier molecular flexibility index (Phi) is 5.74. The van der Waals surface area contributed by atoms with Gasteiger partial charge in [0.2, 0.25) is 5.78 Å². The lowest BCUT2D eigenvalue weighted by Crippen LogP contribution is -2.20. The summed E-state index contributed by atoms with van der Waals surface area (Å²) in [5, 5.41) is 6.26. The zero-order valence-corrected chi connectivity index (χ0v) is 18.1. The maximum absolute atomic E-state index is 13.3. The first-order valence-corrected chi connectivity index (χ1v) is 10.2. The normalized spacial score (nSPS) is 11.0. The van der Waals surface area contributed by atoms with Crippen molar-refractivity contribution in [3.63, 3.8) is 0 Å². The smallest absolute Gasteiger partial charge is 0.324 e. The number of amides is 2. The maximum atomic E-state index is 13.3. The summed E-state index contributed by atoms with van der Waals surface area (Å²) in [6.07, 6.45) is 3.07. The number of rotatable bonds is 5. The molecule has 0 aliphatic carbocycles. The fraction of sp³-hybridized carbons (Fsp3) is 0.136. The van der Waals surface area contributed by atoms with Crippen LogP contribution in [0.2, 0.25) is 5.02 Å². The minimum atomic E-state index is -0.515. The fourth-order valence-corrected chi connectivity index (χ4v) is 3.48. The Hall–Kier alpha value is -3.98. The van der Waals surface area contributed by atoms with E-state index in [1.54, 1.807) is 48.7 Å². The molecule has 4 aromatic rings. The number of aromatic nitrogens is 4. The molecule has 0 saturated carbocycles. The molecule has 0 radical (unpaired) electrons. The van der Waals surface area contributed by atoms with E-state index in [0.717, 1.165) is 0 Å². The molecular formula is C22H20ClN7O2. The summed E-state index contributed by atoms with van der Waals surface area (Å²) in [6.45, 7) is 3.96. The number of hydrogen-bond donors (Lipinski definition) is 3. The quantitative estimate of drug-likeness (QED) is 0.384. The van der Waals surface area contributed by atoms with Crippen LogP contribution < -0.4 is 16.4 Å². The van der Waals surface area contributed by atoms with Crippen LogP contribution in [0.15, 0.2) is 55.0 Å². The number of anilines is 3. The standard InChI is InChI=1S/C22H20ClN7O2/c1-12(2)30-10-15(18-20(24)25-11-26-21(18)30)19(31)16-7-4-8-17(28-16)29-22(32)27-14-6-3-5-13(23)9-14/h3-12H,1-2H3,(H2,24,25,26)(H2,27,28,29,32). The minimum absolute atomic E-state index is 0.0597. The average molecular weight is 450 g/mol. The van der Waals surface area contributed by atoms with Crippen molar-refractivity contribution in [2.24, 2.45) is 0 Å². The maximum Gasteiger partial charge on any atom is 0.324 e. The van der Waals surface area contributed by atoms with Crippen LogP contribution in [0.25, 0.3) is 11.0 Å². The Bertz CT molecular complexity index is 1330. The van der Waals surface area contributed by atoms with Gasteiger partial charge >= 0.3 is 6.03 Å². The summed E-state index contributed by atoms with van der Waals surface area (Å²) in [4.78, 5) is 38.2. The number of nitrogens with zero attached hydrogens (tertiary/aromatic N) is 4. The molecule has 32 heavy (non-hydrogen) atoms. The lowest BCUT2D eigenvalue weighted by molar-refractivity contribution is 0.103. The number of nitrogens with two attached hydrogens (primary N) is 1. The summed E-state index contributed by atoms with van der Waals surface area (Å²) in [5.74, 6) is 0.0786. The van der Waals surface area contributed by atoms with Crippen LogP contribution in [0.5, 0.6) is 0 Å². The van der Waals surface area contributed by atoms with Crippen molar-refractivity contribution in [3.8, 4) is 0 Å². The van der Waals surface area contributed by atoms with Crippen molar-refractivity contribution in [3.05, 3.63) is 71.3 Å². The number of carbonyl (C=O) groups is 2. The van der Waals surface area contributed by atoms with Crippen LogP contribution in [0.3, 0.4) is 0 Å². The first kappa shape index (κ1) is 21.3. The van der Waals surface area contributed by atoms with Crippen LogP contribution in [0, 0.1) is 0 Å². The van der Waals surface area contributed by atoms with Gasteiger partial charge in [-0.05, 0) is 44.2 Å². The van der Waals surface area contributed by atoms with E-state index in [0.29, 0.717) is 27.3 Å². The van der Waals surface area contributed by atoms with E-state index in [1.165, 1.54) is 6.33 Å². The number of halogens is 1. The second-order valence-corrected chi connectivity index (χ2v) is 7.76.